The Balaban J connectivity index is 2.03. The van der Waals surface area contributed by atoms with E-state index in [4.69, 9.17) is 5.73 Å². The average Bonchev–Trinajstić information content (AvgIpc) is 2.39. The lowest BCUT2D eigenvalue weighted by atomic mass is 10.1. The molecule has 1 fully saturated rings. The fraction of sp³-hybridized carbons (Fsp3) is 0.333. The van der Waals surface area contributed by atoms with Crippen molar-refractivity contribution in [1.82, 2.24) is 5.32 Å². The van der Waals surface area contributed by atoms with Gasteiger partial charge in [-0.1, -0.05) is 12.1 Å². The molecule has 1 heterocycles. The SMILES string of the molecule is NC(=O)c1ccc(C2CNC(C=O)CS2)cc1. The number of nitrogens with one attached hydrogen (secondary N) is 1. The zero-order valence-electron chi connectivity index (χ0n) is 9.26. The topological polar surface area (TPSA) is 72.2 Å². The molecular formula is C12H14N2O2S. The van der Waals surface area contributed by atoms with Crippen molar-refractivity contribution in [3.05, 3.63) is 35.4 Å². The van der Waals surface area contributed by atoms with Crippen molar-refractivity contribution in [2.75, 3.05) is 12.3 Å². The van der Waals surface area contributed by atoms with Crippen LogP contribution in [0, 0.1) is 0 Å². The van der Waals surface area contributed by atoms with Crippen LogP contribution in [-0.4, -0.2) is 30.5 Å². The van der Waals surface area contributed by atoms with E-state index >= 15 is 0 Å². The Kier molecular flexibility index (Phi) is 3.81. The summed E-state index contributed by atoms with van der Waals surface area (Å²) < 4.78 is 0. The number of aldehydes is 1. The number of rotatable bonds is 3. The van der Waals surface area contributed by atoms with Crippen LogP contribution < -0.4 is 11.1 Å². The van der Waals surface area contributed by atoms with Crippen molar-refractivity contribution >= 4 is 24.0 Å². The first-order valence-electron chi connectivity index (χ1n) is 5.40. The van der Waals surface area contributed by atoms with Crippen LogP contribution in [0.1, 0.15) is 21.2 Å². The molecule has 1 saturated heterocycles. The van der Waals surface area contributed by atoms with Crippen LogP contribution in [0.25, 0.3) is 0 Å². The molecule has 1 aliphatic heterocycles. The van der Waals surface area contributed by atoms with E-state index in [1.165, 1.54) is 0 Å². The summed E-state index contributed by atoms with van der Waals surface area (Å²) in [5, 5.41) is 3.50. The van der Waals surface area contributed by atoms with Crippen LogP contribution in [0.4, 0.5) is 0 Å². The summed E-state index contributed by atoms with van der Waals surface area (Å²) in [6.07, 6.45) is 0.944. The summed E-state index contributed by atoms with van der Waals surface area (Å²) in [6.45, 7) is 0.768. The highest BCUT2D eigenvalue weighted by atomic mass is 32.2. The molecule has 1 aromatic rings. The Hall–Kier alpha value is -1.33. The van der Waals surface area contributed by atoms with E-state index in [0.29, 0.717) is 10.8 Å². The fourth-order valence-electron chi connectivity index (χ4n) is 1.76. The van der Waals surface area contributed by atoms with Gasteiger partial charge in [-0.15, -0.1) is 0 Å². The Bertz CT molecular complexity index is 411. The summed E-state index contributed by atoms with van der Waals surface area (Å²) >= 11 is 1.75. The number of benzene rings is 1. The molecule has 0 aromatic heterocycles. The summed E-state index contributed by atoms with van der Waals surface area (Å²) in [5.41, 5.74) is 6.85. The Morgan fingerprint density at radius 3 is 2.59 bits per heavy atom. The van der Waals surface area contributed by atoms with Gasteiger partial charge >= 0.3 is 0 Å². The zero-order valence-corrected chi connectivity index (χ0v) is 10.1. The van der Waals surface area contributed by atoms with E-state index in [-0.39, 0.29) is 6.04 Å². The highest BCUT2D eigenvalue weighted by Crippen LogP contribution is 2.31. The van der Waals surface area contributed by atoms with E-state index in [1.54, 1.807) is 23.9 Å². The van der Waals surface area contributed by atoms with Gasteiger partial charge in [-0.3, -0.25) is 4.79 Å². The van der Waals surface area contributed by atoms with E-state index in [1.807, 2.05) is 12.1 Å². The zero-order chi connectivity index (χ0) is 12.3. The van der Waals surface area contributed by atoms with E-state index in [2.05, 4.69) is 5.32 Å². The second kappa shape index (κ2) is 5.33. The monoisotopic (exact) mass is 250 g/mol. The summed E-state index contributed by atoms with van der Waals surface area (Å²) in [6, 6.07) is 7.27. The average molecular weight is 250 g/mol. The minimum atomic E-state index is -0.410. The van der Waals surface area contributed by atoms with Crippen LogP contribution in [0.3, 0.4) is 0 Å². The summed E-state index contributed by atoms with van der Waals surface area (Å²) in [5.74, 6) is 0.373. The number of thioether (sulfide) groups is 1. The molecule has 2 unspecified atom stereocenters. The van der Waals surface area contributed by atoms with Crippen LogP contribution in [0.2, 0.25) is 0 Å². The summed E-state index contributed by atoms with van der Waals surface area (Å²) in [7, 11) is 0. The molecule has 0 spiro atoms. The third kappa shape index (κ3) is 2.87. The molecule has 0 aliphatic carbocycles. The second-order valence-electron chi connectivity index (χ2n) is 3.96. The molecule has 0 radical (unpaired) electrons. The van der Waals surface area contributed by atoms with Gasteiger partial charge in [-0.2, -0.15) is 11.8 Å². The van der Waals surface area contributed by atoms with Crippen molar-refractivity contribution in [3.8, 4) is 0 Å². The Morgan fingerprint density at radius 2 is 2.12 bits per heavy atom. The lowest BCUT2D eigenvalue weighted by molar-refractivity contribution is -0.109. The Labute approximate surface area is 104 Å². The summed E-state index contributed by atoms with van der Waals surface area (Å²) in [4.78, 5) is 21.5. The number of amides is 1. The maximum Gasteiger partial charge on any atom is 0.248 e. The number of carbonyl (C=O) groups is 2. The number of primary amides is 1. The largest absolute Gasteiger partial charge is 0.366 e. The number of hydrogen-bond donors (Lipinski definition) is 2. The van der Waals surface area contributed by atoms with E-state index in [9.17, 15) is 9.59 Å². The van der Waals surface area contributed by atoms with Gasteiger partial charge in [0.05, 0.1) is 6.04 Å². The highest BCUT2D eigenvalue weighted by molar-refractivity contribution is 7.99. The first-order valence-corrected chi connectivity index (χ1v) is 6.45. The second-order valence-corrected chi connectivity index (χ2v) is 5.19. The van der Waals surface area contributed by atoms with E-state index in [0.717, 1.165) is 24.1 Å². The van der Waals surface area contributed by atoms with Gasteiger partial charge in [0.1, 0.15) is 6.29 Å². The molecule has 1 aliphatic rings. The standard InChI is InChI=1S/C12H14N2O2S/c13-12(16)9-3-1-8(2-4-9)11-5-14-10(6-15)7-17-11/h1-4,6,10-11,14H,5,7H2,(H2,13,16). The van der Waals surface area contributed by atoms with Gasteiger partial charge in [0, 0.05) is 23.1 Å². The predicted molar refractivity (Wildman–Crippen MR) is 68.0 cm³/mol. The van der Waals surface area contributed by atoms with Crippen molar-refractivity contribution in [1.29, 1.82) is 0 Å². The van der Waals surface area contributed by atoms with Crippen molar-refractivity contribution < 1.29 is 9.59 Å². The van der Waals surface area contributed by atoms with E-state index < -0.39 is 5.91 Å². The number of carbonyl (C=O) groups excluding carboxylic acids is 2. The molecule has 4 nitrogen and oxygen atoms in total. The van der Waals surface area contributed by atoms with Crippen molar-refractivity contribution in [3.63, 3.8) is 0 Å². The maximum absolute atomic E-state index is 10.9. The molecule has 1 aromatic carbocycles. The first kappa shape index (κ1) is 12.1. The molecule has 17 heavy (non-hydrogen) atoms. The fourth-order valence-corrected chi connectivity index (χ4v) is 2.96. The van der Waals surface area contributed by atoms with Crippen LogP contribution >= 0.6 is 11.8 Å². The Morgan fingerprint density at radius 1 is 1.41 bits per heavy atom. The molecule has 5 heteroatoms. The van der Waals surface area contributed by atoms with Crippen molar-refractivity contribution in [2.24, 2.45) is 5.73 Å². The van der Waals surface area contributed by atoms with Crippen LogP contribution in [0.15, 0.2) is 24.3 Å². The van der Waals surface area contributed by atoms with Gasteiger partial charge < -0.3 is 15.8 Å². The minimum absolute atomic E-state index is 0.0406. The van der Waals surface area contributed by atoms with Crippen LogP contribution in [0.5, 0.6) is 0 Å². The molecule has 0 saturated carbocycles. The molecule has 0 bridgehead atoms. The molecule has 1 amide bonds. The lowest BCUT2D eigenvalue weighted by Gasteiger charge is -2.26. The minimum Gasteiger partial charge on any atom is -0.366 e. The first-order chi connectivity index (χ1) is 8.20. The number of hydrogen-bond acceptors (Lipinski definition) is 4. The normalized spacial score (nSPS) is 24.2. The third-order valence-electron chi connectivity index (χ3n) is 2.77. The van der Waals surface area contributed by atoms with Gasteiger partial charge in [-0.05, 0) is 17.7 Å². The molecular weight excluding hydrogens is 236 g/mol. The molecule has 90 valence electrons. The van der Waals surface area contributed by atoms with Gasteiger partial charge in [0.2, 0.25) is 5.91 Å². The van der Waals surface area contributed by atoms with Crippen LogP contribution in [-0.2, 0) is 4.79 Å². The van der Waals surface area contributed by atoms with Gasteiger partial charge in [-0.25, -0.2) is 0 Å². The number of nitrogens with two attached hydrogens (primary N) is 1. The third-order valence-corrected chi connectivity index (χ3v) is 4.17. The maximum atomic E-state index is 10.9. The quantitative estimate of drug-likeness (QED) is 0.776. The smallest absolute Gasteiger partial charge is 0.248 e. The van der Waals surface area contributed by atoms with Crippen molar-refractivity contribution in [2.45, 2.75) is 11.3 Å². The van der Waals surface area contributed by atoms with Gasteiger partial charge in [0.25, 0.3) is 0 Å². The van der Waals surface area contributed by atoms with Gasteiger partial charge in [0.15, 0.2) is 0 Å². The lowest BCUT2D eigenvalue weighted by Crippen LogP contribution is -2.39. The highest BCUT2D eigenvalue weighted by Gasteiger charge is 2.21. The predicted octanol–water partition coefficient (Wildman–Crippen LogP) is 0.730. The molecule has 2 atom stereocenters. The molecule has 3 N–H and O–H groups in total. The molecule has 2 rings (SSSR count).